The summed E-state index contributed by atoms with van der Waals surface area (Å²) in [6.45, 7) is 2.47. The molecule has 0 radical (unpaired) electrons. The molecule has 0 unspecified atom stereocenters. The first-order chi connectivity index (χ1) is 9.82. The van der Waals surface area contributed by atoms with E-state index in [1.807, 2.05) is 6.92 Å². The number of benzene rings is 1. The van der Waals surface area contributed by atoms with Crippen LogP contribution in [-0.2, 0) is 12.7 Å². The lowest BCUT2D eigenvalue weighted by Crippen LogP contribution is -2.15. The maximum atomic E-state index is 13.1. The molecule has 1 aromatic heterocycles. The van der Waals surface area contributed by atoms with Crippen LogP contribution in [0.1, 0.15) is 17.5 Å². The van der Waals surface area contributed by atoms with E-state index in [2.05, 4.69) is 26.2 Å². The summed E-state index contributed by atoms with van der Waals surface area (Å²) in [6.07, 6.45) is -4.51. The molecule has 0 aliphatic heterocycles. The third-order valence-electron chi connectivity index (χ3n) is 2.66. The maximum absolute atomic E-state index is 13.1. The number of hydrogen-bond donors (Lipinski definition) is 1. The van der Waals surface area contributed by atoms with Crippen LogP contribution in [-0.4, -0.2) is 11.5 Å². The van der Waals surface area contributed by atoms with Gasteiger partial charge in [-0.1, -0.05) is 6.92 Å². The smallest absolute Gasteiger partial charge is 0.312 e. The molecule has 0 saturated carbocycles. The molecule has 0 atom stereocenters. The maximum Gasteiger partial charge on any atom is 0.434 e. The van der Waals surface area contributed by atoms with Crippen LogP contribution >= 0.6 is 27.3 Å². The second-order valence-corrected chi connectivity index (χ2v) is 6.13. The van der Waals surface area contributed by atoms with Crippen molar-refractivity contribution in [2.75, 3.05) is 6.54 Å². The van der Waals surface area contributed by atoms with Gasteiger partial charge < -0.3 is 5.32 Å². The Kier molecular flexibility index (Phi) is 5.00. The number of alkyl halides is 3. The Morgan fingerprint density at radius 2 is 2.05 bits per heavy atom. The number of halogens is 5. The Labute approximate surface area is 131 Å². The summed E-state index contributed by atoms with van der Waals surface area (Å²) in [7, 11) is 0. The van der Waals surface area contributed by atoms with Crippen LogP contribution in [0.15, 0.2) is 22.7 Å². The van der Waals surface area contributed by atoms with Crippen LogP contribution in [0.25, 0.3) is 10.6 Å². The molecule has 21 heavy (non-hydrogen) atoms. The second-order valence-electron chi connectivity index (χ2n) is 4.19. The largest absolute Gasteiger partial charge is 0.434 e. The van der Waals surface area contributed by atoms with Gasteiger partial charge in [0.25, 0.3) is 0 Å². The first-order valence-electron chi connectivity index (χ1n) is 6.06. The summed E-state index contributed by atoms with van der Waals surface area (Å²) >= 11 is 4.10. The molecule has 114 valence electrons. The van der Waals surface area contributed by atoms with Gasteiger partial charge in [0.05, 0.1) is 4.88 Å². The van der Waals surface area contributed by atoms with E-state index < -0.39 is 17.7 Å². The zero-order valence-corrected chi connectivity index (χ0v) is 13.3. The predicted molar refractivity (Wildman–Crippen MR) is 77.6 cm³/mol. The van der Waals surface area contributed by atoms with Gasteiger partial charge in [-0.2, -0.15) is 13.2 Å². The van der Waals surface area contributed by atoms with E-state index in [4.69, 9.17) is 0 Å². The zero-order valence-electron chi connectivity index (χ0n) is 10.9. The van der Waals surface area contributed by atoms with Crippen LogP contribution in [0.4, 0.5) is 17.6 Å². The minimum Gasteiger partial charge on any atom is -0.312 e. The summed E-state index contributed by atoms with van der Waals surface area (Å²) in [4.78, 5) is 3.82. The summed E-state index contributed by atoms with van der Waals surface area (Å²) in [6, 6.07) is 3.81. The van der Waals surface area contributed by atoms with Crippen LogP contribution in [0, 0.1) is 5.82 Å². The fourth-order valence-corrected chi connectivity index (χ4v) is 3.47. The lowest BCUT2D eigenvalue weighted by atomic mass is 10.2. The van der Waals surface area contributed by atoms with Crippen molar-refractivity contribution in [1.29, 1.82) is 0 Å². The molecule has 0 bridgehead atoms. The first kappa shape index (κ1) is 16.4. The number of rotatable bonds is 4. The fourth-order valence-electron chi connectivity index (χ4n) is 1.71. The summed E-state index contributed by atoms with van der Waals surface area (Å²) in [5, 5.41) is 3.07. The van der Waals surface area contributed by atoms with E-state index in [0.29, 0.717) is 16.6 Å². The molecule has 2 nitrogen and oxygen atoms in total. The summed E-state index contributed by atoms with van der Waals surface area (Å²) in [5.41, 5.74) is -0.450. The SMILES string of the molecule is CCNCc1sc(-c2ccc(F)cc2Br)nc1C(F)(F)F. The van der Waals surface area contributed by atoms with Crippen molar-refractivity contribution < 1.29 is 17.6 Å². The van der Waals surface area contributed by atoms with E-state index in [9.17, 15) is 17.6 Å². The number of thiazole rings is 1. The van der Waals surface area contributed by atoms with Crippen molar-refractivity contribution in [3.8, 4) is 10.6 Å². The van der Waals surface area contributed by atoms with Gasteiger partial charge in [-0.15, -0.1) is 11.3 Å². The molecular formula is C13H11BrF4N2S. The lowest BCUT2D eigenvalue weighted by Gasteiger charge is -2.05. The van der Waals surface area contributed by atoms with Gasteiger partial charge in [0.1, 0.15) is 10.8 Å². The van der Waals surface area contributed by atoms with Crippen LogP contribution in [0.2, 0.25) is 0 Å². The van der Waals surface area contributed by atoms with E-state index in [1.54, 1.807) is 0 Å². The molecule has 8 heteroatoms. The molecule has 0 amide bonds. The normalized spacial score (nSPS) is 11.9. The van der Waals surface area contributed by atoms with Gasteiger partial charge in [-0.05, 0) is 40.7 Å². The van der Waals surface area contributed by atoms with Gasteiger partial charge in [0.2, 0.25) is 0 Å². The van der Waals surface area contributed by atoms with E-state index >= 15 is 0 Å². The second kappa shape index (κ2) is 6.41. The average Bonchev–Trinajstić information content (AvgIpc) is 2.80. The highest BCUT2D eigenvalue weighted by Crippen LogP contribution is 2.39. The lowest BCUT2D eigenvalue weighted by molar-refractivity contribution is -0.141. The molecule has 1 heterocycles. The fraction of sp³-hybridized carbons (Fsp3) is 0.308. The third kappa shape index (κ3) is 3.81. The Bertz CT molecular complexity index is 640. The number of hydrogen-bond acceptors (Lipinski definition) is 3. The Hall–Kier alpha value is -0.990. The molecular weight excluding hydrogens is 372 g/mol. The van der Waals surface area contributed by atoms with Crippen molar-refractivity contribution in [2.45, 2.75) is 19.6 Å². The summed E-state index contributed by atoms with van der Waals surface area (Å²) in [5.74, 6) is -0.467. The van der Waals surface area contributed by atoms with Gasteiger partial charge in [-0.3, -0.25) is 0 Å². The van der Waals surface area contributed by atoms with Crippen LogP contribution in [0.5, 0.6) is 0 Å². The van der Waals surface area contributed by atoms with Crippen molar-refractivity contribution >= 4 is 27.3 Å². The standard InChI is InChI=1S/C13H11BrF4N2S/c1-2-19-6-10-11(13(16,17)18)20-12(21-10)8-4-3-7(15)5-9(8)14/h3-5,19H,2,6H2,1H3. The number of aromatic nitrogens is 1. The van der Waals surface area contributed by atoms with E-state index in [0.717, 1.165) is 11.3 Å². The molecule has 2 rings (SSSR count). The monoisotopic (exact) mass is 382 g/mol. The molecule has 0 aliphatic rings. The van der Waals surface area contributed by atoms with Gasteiger partial charge in [-0.25, -0.2) is 9.37 Å². The molecule has 0 fully saturated rings. The molecule has 1 aromatic carbocycles. The quantitative estimate of drug-likeness (QED) is 0.765. The average molecular weight is 383 g/mol. The zero-order chi connectivity index (χ0) is 15.6. The molecule has 0 saturated heterocycles. The molecule has 0 aliphatic carbocycles. The Morgan fingerprint density at radius 3 is 2.62 bits per heavy atom. The Morgan fingerprint density at radius 1 is 1.33 bits per heavy atom. The van der Waals surface area contributed by atoms with Gasteiger partial charge in [0.15, 0.2) is 5.69 Å². The molecule has 0 spiro atoms. The van der Waals surface area contributed by atoms with E-state index in [-0.39, 0.29) is 16.4 Å². The van der Waals surface area contributed by atoms with Crippen molar-refractivity contribution in [3.05, 3.63) is 39.1 Å². The highest BCUT2D eigenvalue weighted by atomic mass is 79.9. The third-order valence-corrected chi connectivity index (χ3v) is 4.41. The Balaban J connectivity index is 2.47. The van der Waals surface area contributed by atoms with Crippen molar-refractivity contribution in [3.63, 3.8) is 0 Å². The molecule has 1 N–H and O–H groups in total. The number of nitrogens with zero attached hydrogens (tertiary/aromatic N) is 1. The topological polar surface area (TPSA) is 24.9 Å². The van der Waals surface area contributed by atoms with E-state index in [1.165, 1.54) is 18.2 Å². The minimum absolute atomic E-state index is 0.0990. The van der Waals surface area contributed by atoms with Crippen molar-refractivity contribution in [1.82, 2.24) is 10.3 Å². The minimum atomic E-state index is -4.51. The van der Waals surface area contributed by atoms with Gasteiger partial charge >= 0.3 is 6.18 Å². The first-order valence-corrected chi connectivity index (χ1v) is 7.67. The highest BCUT2D eigenvalue weighted by Gasteiger charge is 2.37. The van der Waals surface area contributed by atoms with Crippen LogP contribution < -0.4 is 5.32 Å². The highest BCUT2D eigenvalue weighted by molar-refractivity contribution is 9.10. The molecule has 2 aromatic rings. The van der Waals surface area contributed by atoms with Crippen molar-refractivity contribution in [2.24, 2.45) is 0 Å². The summed E-state index contributed by atoms with van der Waals surface area (Å²) < 4.78 is 52.5. The predicted octanol–water partition coefficient (Wildman–Crippen LogP) is 4.84. The van der Waals surface area contributed by atoms with Crippen LogP contribution in [0.3, 0.4) is 0 Å². The number of nitrogens with one attached hydrogen (secondary N) is 1. The van der Waals surface area contributed by atoms with Gasteiger partial charge in [0, 0.05) is 16.6 Å².